The third kappa shape index (κ3) is 1.85. The summed E-state index contributed by atoms with van der Waals surface area (Å²) in [7, 11) is 3.64. The van der Waals surface area contributed by atoms with Crippen LogP contribution in [0.3, 0.4) is 0 Å². The molecule has 1 saturated heterocycles. The van der Waals surface area contributed by atoms with E-state index in [0.29, 0.717) is 9.23 Å². The van der Waals surface area contributed by atoms with Gasteiger partial charge < -0.3 is 4.57 Å². The van der Waals surface area contributed by atoms with Crippen molar-refractivity contribution in [3.8, 4) is 0 Å². The normalized spacial score (nSPS) is 19.3. The second-order valence-corrected chi connectivity index (χ2v) is 4.96. The van der Waals surface area contributed by atoms with Crippen molar-refractivity contribution in [3.63, 3.8) is 0 Å². The third-order valence-corrected chi connectivity index (χ3v) is 3.73. The van der Waals surface area contributed by atoms with Crippen LogP contribution in [-0.2, 0) is 11.8 Å². The molecule has 1 aromatic rings. The number of carbonyl (C=O) groups is 1. The van der Waals surface area contributed by atoms with Gasteiger partial charge in [-0.2, -0.15) is 0 Å². The maximum absolute atomic E-state index is 11.7. The van der Waals surface area contributed by atoms with Crippen molar-refractivity contribution in [2.45, 2.75) is 0 Å². The highest BCUT2D eigenvalue weighted by Crippen LogP contribution is 2.31. The van der Waals surface area contributed by atoms with E-state index in [1.165, 1.54) is 16.7 Å². The van der Waals surface area contributed by atoms with Crippen molar-refractivity contribution in [1.29, 1.82) is 0 Å². The SMILES string of the molecule is CN1C(=O)C(=Cc2cccn2C)SC1=S. The minimum Gasteiger partial charge on any atom is -0.351 e. The molecule has 0 aliphatic carbocycles. The molecule has 1 fully saturated rings. The largest absolute Gasteiger partial charge is 0.351 e. The molecule has 0 N–H and O–H groups in total. The van der Waals surface area contributed by atoms with Gasteiger partial charge in [0, 0.05) is 26.0 Å². The van der Waals surface area contributed by atoms with Crippen molar-refractivity contribution < 1.29 is 4.79 Å². The quantitative estimate of drug-likeness (QED) is 0.551. The molecule has 0 spiro atoms. The van der Waals surface area contributed by atoms with Gasteiger partial charge in [-0.1, -0.05) is 24.0 Å². The summed E-state index contributed by atoms with van der Waals surface area (Å²) < 4.78 is 2.57. The van der Waals surface area contributed by atoms with Gasteiger partial charge in [-0.15, -0.1) is 0 Å². The van der Waals surface area contributed by atoms with E-state index in [1.807, 2.05) is 36.0 Å². The van der Waals surface area contributed by atoms with Gasteiger partial charge in [-0.05, 0) is 18.2 Å². The summed E-state index contributed by atoms with van der Waals surface area (Å²) in [6, 6.07) is 3.90. The van der Waals surface area contributed by atoms with E-state index in [1.54, 1.807) is 7.05 Å². The maximum atomic E-state index is 11.7. The summed E-state index contributed by atoms with van der Waals surface area (Å²) in [6.45, 7) is 0. The van der Waals surface area contributed by atoms with E-state index in [0.717, 1.165) is 5.69 Å². The maximum Gasteiger partial charge on any atom is 0.265 e. The second-order valence-electron chi connectivity index (χ2n) is 3.28. The first-order chi connectivity index (χ1) is 7.09. The zero-order valence-corrected chi connectivity index (χ0v) is 10.1. The number of thiocarbonyl (C=S) groups is 1. The van der Waals surface area contributed by atoms with Crippen molar-refractivity contribution in [3.05, 3.63) is 28.9 Å². The molecule has 2 heterocycles. The van der Waals surface area contributed by atoms with Crippen LogP contribution in [0, 0.1) is 0 Å². The van der Waals surface area contributed by atoms with Gasteiger partial charge in [0.05, 0.1) is 4.91 Å². The highest BCUT2D eigenvalue weighted by atomic mass is 32.2. The van der Waals surface area contributed by atoms with E-state index in [4.69, 9.17) is 12.2 Å². The van der Waals surface area contributed by atoms with Gasteiger partial charge in [0.25, 0.3) is 5.91 Å². The zero-order valence-electron chi connectivity index (χ0n) is 8.43. The van der Waals surface area contributed by atoms with E-state index in [9.17, 15) is 4.79 Å². The van der Waals surface area contributed by atoms with Crippen molar-refractivity contribution in [1.82, 2.24) is 9.47 Å². The lowest BCUT2D eigenvalue weighted by Crippen LogP contribution is -2.22. The second kappa shape index (κ2) is 3.83. The summed E-state index contributed by atoms with van der Waals surface area (Å²) in [5.41, 5.74) is 1.00. The first-order valence-electron chi connectivity index (χ1n) is 4.42. The third-order valence-electron chi connectivity index (χ3n) is 2.25. The highest BCUT2D eigenvalue weighted by Gasteiger charge is 2.28. The molecule has 0 saturated carbocycles. The van der Waals surface area contributed by atoms with Crippen molar-refractivity contribution in [2.75, 3.05) is 7.05 Å². The first-order valence-corrected chi connectivity index (χ1v) is 5.65. The summed E-state index contributed by atoms with van der Waals surface area (Å²) in [6.07, 6.45) is 3.81. The molecule has 3 nitrogen and oxygen atoms in total. The Balaban J connectivity index is 2.34. The summed E-state index contributed by atoms with van der Waals surface area (Å²) >= 11 is 6.39. The van der Waals surface area contributed by atoms with Crippen LogP contribution >= 0.6 is 24.0 Å². The average molecular weight is 238 g/mol. The Hall–Kier alpha value is -1.07. The van der Waals surface area contributed by atoms with Gasteiger partial charge in [0.15, 0.2) is 0 Å². The number of carbonyl (C=O) groups excluding carboxylic acids is 1. The van der Waals surface area contributed by atoms with Crippen LogP contribution in [0.25, 0.3) is 6.08 Å². The van der Waals surface area contributed by atoms with Gasteiger partial charge in [0.2, 0.25) is 0 Å². The number of amides is 1. The van der Waals surface area contributed by atoms with Gasteiger partial charge >= 0.3 is 0 Å². The number of nitrogens with zero attached hydrogens (tertiary/aromatic N) is 2. The molecule has 0 atom stereocenters. The lowest BCUT2D eigenvalue weighted by Gasteiger charge is -2.03. The Morgan fingerprint density at radius 1 is 1.47 bits per heavy atom. The molecule has 5 heteroatoms. The van der Waals surface area contributed by atoms with Crippen LogP contribution in [0.4, 0.5) is 0 Å². The molecule has 0 radical (unpaired) electrons. The predicted molar refractivity (Wildman–Crippen MR) is 66.3 cm³/mol. The minimum absolute atomic E-state index is 0.0220. The van der Waals surface area contributed by atoms with Gasteiger partial charge in [-0.25, -0.2) is 0 Å². The van der Waals surface area contributed by atoms with Crippen LogP contribution in [0.5, 0.6) is 0 Å². The molecule has 0 aromatic carbocycles. The van der Waals surface area contributed by atoms with Crippen LogP contribution in [-0.4, -0.2) is 26.7 Å². The lowest BCUT2D eigenvalue weighted by atomic mass is 10.3. The fourth-order valence-corrected chi connectivity index (χ4v) is 2.47. The molecule has 15 heavy (non-hydrogen) atoms. The number of likely N-dealkylation sites (N-methyl/N-ethyl adjacent to an activating group) is 1. The van der Waals surface area contributed by atoms with Gasteiger partial charge in [0.1, 0.15) is 4.32 Å². The molecule has 1 amide bonds. The summed E-state index contributed by atoms with van der Waals surface area (Å²) in [4.78, 5) is 13.9. The van der Waals surface area contributed by atoms with Crippen LogP contribution in [0.15, 0.2) is 23.2 Å². The van der Waals surface area contributed by atoms with Crippen molar-refractivity contribution >= 4 is 40.3 Å². The minimum atomic E-state index is -0.0220. The molecule has 1 aromatic heterocycles. The molecule has 0 unspecified atom stereocenters. The molecular weight excluding hydrogens is 228 g/mol. The molecule has 2 rings (SSSR count). The summed E-state index contributed by atoms with van der Waals surface area (Å²) in [5, 5.41) is 0. The van der Waals surface area contributed by atoms with Crippen LogP contribution in [0.1, 0.15) is 5.69 Å². The van der Waals surface area contributed by atoms with Crippen LogP contribution < -0.4 is 0 Å². The molecule has 1 aliphatic rings. The number of aromatic nitrogens is 1. The van der Waals surface area contributed by atoms with Gasteiger partial charge in [-0.3, -0.25) is 9.69 Å². The van der Waals surface area contributed by atoms with E-state index in [-0.39, 0.29) is 5.91 Å². The molecular formula is C10H10N2OS2. The fraction of sp³-hybridized carbons (Fsp3) is 0.200. The summed E-state index contributed by atoms with van der Waals surface area (Å²) in [5.74, 6) is -0.0220. The first kappa shape index (κ1) is 10.4. The zero-order chi connectivity index (χ0) is 11.0. The average Bonchev–Trinajstić information content (AvgIpc) is 2.69. The number of thioether (sulfide) groups is 1. The topological polar surface area (TPSA) is 25.2 Å². The van der Waals surface area contributed by atoms with Crippen molar-refractivity contribution in [2.24, 2.45) is 7.05 Å². The molecule has 78 valence electrons. The fourth-order valence-electron chi connectivity index (χ4n) is 1.30. The predicted octanol–water partition coefficient (Wildman–Crippen LogP) is 1.86. The number of rotatable bonds is 1. The Morgan fingerprint density at radius 2 is 2.20 bits per heavy atom. The smallest absolute Gasteiger partial charge is 0.265 e. The standard InChI is InChI=1S/C10H10N2OS2/c1-11-5-3-4-7(11)6-8-9(13)12(2)10(14)15-8/h3-6H,1-2H3. The number of hydrogen-bond donors (Lipinski definition) is 0. The van der Waals surface area contributed by atoms with E-state index in [2.05, 4.69) is 0 Å². The Kier molecular flexibility index (Phi) is 2.67. The number of aryl methyl sites for hydroxylation is 1. The Labute approximate surface area is 97.7 Å². The van der Waals surface area contributed by atoms with E-state index >= 15 is 0 Å². The lowest BCUT2D eigenvalue weighted by molar-refractivity contribution is -0.121. The highest BCUT2D eigenvalue weighted by molar-refractivity contribution is 8.26. The Morgan fingerprint density at radius 3 is 2.67 bits per heavy atom. The van der Waals surface area contributed by atoms with E-state index < -0.39 is 0 Å². The number of hydrogen-bond acceptors (Lipinski definition) is 3. The Bertz CT molecular complexity index is 462. The van der Waals surface area contributed by atoms with Crippen LogP contribution in [0.2, 0.25) is 0 Å². The molecule has 0 bridgehead atoms. The molecule has 1 aliphatic heterocycles. The monoisotopic (exact) mass is 238 g/mol.